The van der Waals surface area contributed by atoms with Gasteiger partial charge < -0.3 is 17.6 Å². The molecular weight excluding hydrogens is 853 g/mol. The maximum absolute atomic E-state index is 7.27. The smallest absolute Gasteiger partial charge is 0.162 e. The summed E-state index contributed by atoms with van der Waals surface area (Å²) < 4.78 is 19.4. The second kappa shape index (κ2) is 15.1. The average Bonchev–Trinajstić information content (AvgIpc) is 3.97. The van der Waals surface area contributed by atoms with E-state index in [-0.39, 0.29) is 0 Å². The monoisotopic (exact) mass is 892 g/mol. The minimum Gasteiger partial charge on any atom is -0.452 e. The van der Waals surface area contributed by atoms with E-state index in [2.05, 4.69) is 251 Å². The molecule has 0 radical (unpaired) electrons. The first kappa shape index (κ1) is 38.7. The molecule has 0 amide bonds. The van der Waals surface area contributed by atoms with Crippen molar-refractivity contribution >= 4 is 77.0 Å². The lowest BCUT2D eigenvalue weighted by Gasteiger charge is -2.17. The summed E-state index contributed by atoms with van der Waals surface area (Å²) in [6.45, 7) is 0. The first-order valence-corrected chi connectivity index (χ1v) is 23.9. The van der Waals surface area contributed by atoms with Crippen LogP contribution in [0.5, 0.6) is 0 Å². The Morgan fingerprint density at radius 3 is 0.943 bits per heavy atom. The van der Waals surface area contributed by atoms with Gasteiger partial charge in [0, 0.05) is 10.8 Å². The number of fused-ring (bicyclic) bond motifs is 12. The third-order valence-electron chi connectivity index (χ3n) is 14.5. The van der Waals surface area contributed by atoms with E-state index in [0.29, 0.717) is 0 Å². The number of benzene rings is 11. The molecule has 0 aliphatic carbocycles. The summed E-state index contributed by atoms with van der Waals surface area (Å²) in [4.78, 5) is 0. The van der Waals surface area contributed by atoms with Gasteiger partial charge in [0.1, 0.15) is 11.0 Å². The highest BCUT2D eigenvalue weighted by Gasteiger charge is 2.29. The molecule has 0 fully saturated rings. The Bertz CT molecular complexity index is 4150. The van der Waals surface area contributed by atoms with E-state index in [1.165, 1.54) is 55.6 Å². The maximum atomic E-state index is 7.27. The van der Waals surface area contributed by atoms with Gasteiger partial charge in [0.15, 0.2) is 22.3 Å². The van der Waals surface area contributed by atoms with Crippen LogP contribution in [0.4, 0.5) is 0 Å². The predicted octanol–water partition coefficient (Wildman–Crippen LogP) is 18.3. The highest BCUT2D eigenvalue weighted by Crippen LogP contribution is 2.50. The number of rotatable bonds is 6. The van der Waals surface area contributed by atoms with Crippen LogP contribution in [0.1, 0.15) is 0 Å². The van der Waals surface area contributed by atoms with Crippen molar-refractivity contribution in [1.82, 2.24) is 8.80 Å². The van der Waals surface area contributed by atoms with Crippen LogP contribution < -0.4 is 0 Å². The molecule has 326 valence electrons. The summed E-state index contributed by atoms with van der Waals surface area (Å²) >= 11 is 0. The molecule has 4 aromatic heterocycles. The topological polar surface area (TPSA) is 35.1 Å². The van der Waals surface area contributed by atoms with Gasteiger partial charge in [0.25, 0.3) is 0 Å². The third-order valence-corrected chi connectivity index (χ3v) is 14.5. The van der Waals surface area contributed by atoms with Gasteiger partial charge in [0.2, 0.25) is 0 Å². The molecule has 0 aliphatic rings. The molecule has 0 N–H and O–H groups in total. The van der Waals surface area contributed by atoms with Gasteiger partial charge in [0.05, 0.1) is 32.8 Å². The van der Waals surface area contributed by atoms with Crippen LogP contribution in [0, 0.1) is 0 Å². The lowest BCUT2D eigenvalue weighted by Crippen LogP contribution is -1.93. The van der Waals surface area contributed by atoms with Crippen LogP contribution >= 0.6 is 0 Å². The molecule has 0 bridgehead atoms. The molecule has 0 atom stereocenters. The number of hydrogen-bond donors (Lipinski definition) is 0. The van der Waals surface area contributed by atoms with Crippen molar-refractivity contribution in [2.75, 3.05) is 0 Å². The zero-order chi connectivity index (χ0) is 45.9. The Labute approximate surface area is 402 Å². The van der Waals surface area contributed by atoms with E-state index in [9.17, 15) is 0 Å². The molecule has 11 aromatic carbocycles. The van der Waals surface area contributed by atoms with Crippen LogP contribution in [0.2, 0.25) is 0 Å². The molecule has 0 aliphatic heterocycles. The van der Waals surface area contributed by atoms with Crippen LogP contribution in [-0.2, 0) is 0 Å². The molecule has 70 heavy (non-hydrogen) atoms. The van der Waals surface area contributed by atoms with Crippen LogP contribution in [-0.4, -0.2) is 8.80 Å². The quantitative estimate of drug-likeness (QED) is 0.156. The maximum Gasteiger partial charge on any atom is 0.162 e. The summed E-state index contributed by atoms with van der Waals surface area (Å²) in [5.74, 6) is 0. The lowest BCUT2D eigenvalue weighted by atomic mass is 9.87. The van der Waals surface area contributed by atoms with Crippen LogP contribution in [0.25, 0.3) is 144 Å². The first-order chi connectivity index (χ1) is 34.8. The fourth-order valence-corrected chi connectivity index (χ4v) is 11.5. The predicted molar refractivity (Wildman–Crippen MR) is 291 cm³/mol. The van der Waals surface area contributed by atoms with Crippen molar-refractivity contribution in [3.63, 3.8) is 0 Å². The largest absolute Gasteiger partial charge is 0.452 e. The highest BCUT2D eigenvalue weighted by atomic mass is 16.3. The van der Waals surface area contributed by atoms with Crippen molar-refractivity contribution in [3.05, 3.63) is 243 Å². The average molecular weight is 893 g/mol. The molecule has 0 spiro atoms. The van der Waals surface area contributed by atoms with Gasteiger partial charge in [-0.1, -0.05) is 206 Å². The number of hydrogen-bond acceptors (Lipinski definition) is 2. The molecule has 15 rings (SSSR count). The second-order valence-electron chi connectivity index (χ2n) is 18.3. The fourth-order valence-electron chi connectivity index (χ4n) is 11.5. The Morgan fingerprint density at radius 1 is 0.257 bits per heavy atom. The molecule has 0 saturated heterocycles. The Kier molecular flexibility index (Phi) is 8.33. The van der Waals surface area contributed by atoms with E-state index in [1.807, 2.05) is 0 Å². The molecule has 0 unspecified atom stereocenters. The molecule has 4 heteroatoms. The molecular formula is C66H40N2O2. The Morgan fingerprint density at radius 2 is 0.586 bits per heavy atom. The van der Waals surface area contributed by atoms with Gasteiger partial charge in [-0.05, 0) is 103 Å². The van der Waals surface area contributed by atoms with E-state index in [0.717, 1.165) is 88.1 Å². The summed E-state index contributed by atoms with van der Waals surface area (Å²) in [6.07, 6.45) is 0. The van der Waals surface area contributed by atoms with Crippen LogP contribution in [0.3, 0.4) is 0 Å². The summed E-state index contributed by atoms with van der Waals surface area (Å²) in [5.41, 5.74) is 23.5. The zero-order valence-electron chi connectivity index (χ0n) is 37.8. The first-order valence-electron chi connectivity index (χ1n) is 23.9. The van der Waals surface area contributed by atoms with Crippen LogP contribution in [0.15, 0.2) is 251 Å². The number of nitrogens with zero attached hydrogens (tertiary/aromatic N) is 2. The van der Waals surface area contributed by atoms with E-state index in [1.54, 1.807) is 0 Å². The fraction of sp³-hybridized carbons (Fsp3) is 0. The van der Waals surface area contributed by atoms with Gasteiger partial charge in [-0.2, -0.15) is 0 Å². The number of para-hydroxylation sites is 4. The second-order valence-corrected chi connectivity index (χ2v) is 18.3. The van der Waals surface area contributed by atoms with Gasteiger partial charge in [-0.15, -0.1) is 0 Å². The van der Waals surface area contributed by atoms with E-state index >= 15 is 0 Å². The minimum absolute atomic E-state index is 0.808. The van der Waals surface area contributed by atoms with E-state index < -0.39 is 0 Å². The minimum atomic E-state index is 0.808. The molecule has 4 nitrogen and oxygen atoms in total. The van der Waals surface area contributed by atoms with Gasteiger partial charge in [-0.3, -0.25) is 0 Å². The standard InChI is InChI=1S/C66H40N2O2/c1-5-19-41(20-6-1)47-27-17-28-48(42-21-7-2-8-22-42)59(47)45-35-37-51-55(39-45)67-53-31-13-15-33-57(53)69-66-62-52-38-36-46(40-56(52)68-54-32-14-16-34-58(54)70-65(64(62)68)61(51)63(66)67)60-49(43-23-9-3-10-24-43)29-18-30-50(60)44-25-11-4-12-26-44/h1-40H. The SMILES string of the molecule is c1ccc(-c2cccc(-c3ccccc3)c2-c2ccc3c4c5oc6ccccc6n6c7cc(-c8c(-c9ccccc9)cccc8-c8ccccc8)ccc7c(c7oc8ccccc8n(c3c2)c74)c56)cc1. The molecule has 0 saturated carbocycles. The van der Waals surface area contributed by atoms with Crippen molar-refractivity contribution in [3.8, 4) is 66.8 Å². The Balaban J connectivity index is 1.08. The zero-order valence-corrected chi connectivity index (χ0v) is 37.8. The van der Waals surface area contributed by atoms with Crippen molar-refractivity contribution in [1.29, 1.82) is 0 Å². The molecule has 15 aromatic rings. The summed E-state index contributed by atoms with van der Waals surface area (Å²) in [6, 6.07) is 87.2. The normalized spacial score (nSPS) is 12.0. The van der Waals surface area contributed by atoms with Gasteiger partial charge in [-0.25, -0.2) is 0 Å². The Hall–Kier alpha value is -9.38. The molecule has 4 heterocycles. The van der Waals surface area contributed by atoms with Crippen molar-refractivity contribution in [2.24, 2.45) is 0 Å². The summed E-state index contributed by atoms with van der Waals surface area (Å²) in [5, 5.41) is 4.24. The third kappa shape index (κ3) is 5.59. The highest BCUT2D eigenvalue weighted by molar-refractivity contribution is 6.35. The van der Waals surface area contributed by atoms with Crippen molar-refractivity contribution in [2.45, 2.75) is 0 Å². The van der Waals surface area contributed by atoms with Gasteiger partial charge >= 0.3 is 0 Å². The number of aromatic nitrogens is 2. The van der Waals surface area contributed by atoms with Crippen molar-refractivity contribution < 1.29 is 8.83 Å². The lowest BCUT2D eigenvalue weighted by molar-refractivity contribution is 0.653. The summed E-state index contributed by atoms with van der Waals surface area (Å²) in [7, 11) is 0. The van der Waals surface area contributed by atoms with E-state index in [4.69, 9.17) is 8.83 Å².